The first-order chi connectivity index (χ1) is 30.1. The Morgan fingerprint density at radius 1 is 0.516 bits per heavy atom. The second kappa shape index (κ2) is 20.4. The SMILES string of the molecule is CN(C)C(=O)c1sc(C(=O)N(C)C)c2c(C(=O)Oc3c(Cl)cc(Cl)cc3Cl)ccc(C(=O)Oc3c(Cl)cc(Cl)cc3Cl)c12.O=COc1ccc(OC=O)c2c(C(=O)O)sc(C(=O)O)c12. The van der Waals surface area contributed by atoms with E-state index in [4.69, 9.17) is 89.3 Å². The van der Waals surface area contributed by atoms with Crippen LogP contribution in [0.15, 0.2) is 48.5 Å². The van der Waals surface area contributed by atoms with Crippen molar-refractivity contribution >= 4 is 162 Å². The third-order valence-corrected chi connectivity index (χ3v) is 12.2. The molecule has 0 aliphatic carbocycles. The summed E-state index contributed by atoms with van der Waals surface area (Å²) in [7, 11) is 5.98. The molecule has 0 saturated carbocycles. The van der Waals surface area contributed by atoms with Gasteiger partial charge in [-0.25, -0.2) is 19.2 Å². The minimum atomic E-state index is -1.39. The van der Waals surface area contributed by atoms with Gasteiger partial charge in [-0.15, -0.1) is 22.7 Å². The van der Waals surface area contributed by atoms with E-state index in [1.807, 2.05) is 0 Å². The maximum absolute atomic E-state index is 13.6. The molecule has 0 radical (unpaired) electrons. The lowest BCUT2D eigenvalue weighted by Crippen LogP contribution is -2.21. The topological polar surface area (TPSA) is 220 Å². The van der Waals surface area contributed by atoms with Crippen LogP contribution >= 0.6 is 92.3 Å². The zero-order valence-electron chi connectivity index (χ0n) is 32.5. The van der Waals surface area contributed by atoms with Gasteiger partial charge in [-0.05, 0) is 48.5 Å². The molecular formula is C40H24Cl6N2O14S2. The van der Waals surface area contributed by atoms with Crippen molar-refractivity contribution in [2.75, 3.05) is 28.2 Å². The number of carbonyl (C=O) groups is 8. The Balaban J connectivity index is 0.000000306. The Bertz CT molecular complexity index is 2730. The van der Waals surface area contributed by atoms with Crippen LogP contribution in [-0.4, -0.2) is 96.8 Å². The first-order valence-corrected chi connectivity index (χ1v) is 21.1. The number of aromatic carboxylic acids is 2. The molecule has 6 rings (SSSR count). The van der Waals surface area contributed by atoms with E-state index in [9.17, 15) is 38.4 Å². The van der Waals surface area contributed by atoms with E-state index in [1.165, 1.54) is 86.5 Å². The van der Waals surface area contributed by atoms with Crippen LogP contribution in [-0.2, 0) is 9.59 Å². The number of amides is 2. The number of rotatable bonds is 12. The maximum atomic E-state index is 13.6. The quantitative estimate of drug-likeness (QED) is 0.0662. The molecule has 0 fully saturated rings. The van der Waals surface area contributed by atoms with Crippen molar-refractivity contribution in [3.8, 4) is 23.0 Å². The Morgan fingerprint density at radius 2 is 0.828 bits per heavy atom. The molecule has 0 bridgehead atoms. The number of halogens is 6. The molecule has 332 valence electrons. The van der Waals surface area contributed by atoms with E-state index in [2.05, 4.69) is 9.47 Å². The smallest absolute Gasteiger partial charge is 0.346 e. The van der Waals surface area contributed by atoms with Crippen LogP contribution in [0.4, 0.5) is 0 Å². The zero-order chi connectivity index (χ0) is 47.5. The molecular weight excluding hydrogens is 1010 g/mol. The van der Waals surface area contributed by atoms with Crippen molar-refractivity contribution in [3.05, 3.63) is 109 Å². The third-order valence-electron chi connectivity index (χ3n) is 8.35. The molecule has 0 unspecified atom stereocenters. The van der Waals surface area contributed by atoms with E-state index in [-0.39, 0.29) is 118 Å². The van der Waals surface area contributed by atoms with Gasteiger partial charge in [-0.2, -0.15) is 0 Å². The summed E-state index contributed by atoms with van der Waals surface area (Å²) in [6.07, 6.45) is 0. The highest BCUT2D eigenvalue weighted by molar-refractivity contribution is 7.18. The van der Waals surface area contributed by atoms with Crippen molar-refractivity contribution < 1.29 is 67.5 Å². The van der Waals surface area contributed by atoms with Crippen molar-refractivity contribution in [2.24, 2.45) is 0 Å². The molecule has 6 aromatic rings. The van der Waals surface area contributed by atoms with Gasteiger partial charge in [0.05, 0.1) is 42.0 Å². The number of hydrogen-bond acceptors (Lipinski definition) is 14. The molecule has 0 saturated heterocycles. The van der Waals surface area contributed by atoms with E-state index < -0.39 is 35.7 Å². The fourth-order valence-electron chi connectivity index (χ4n) is 5.70. The van der Waals surface area contributed by atoms with Crippen molar-refractivity contribution in [1.82, 2.24) is 9.80 Å². The second-order valence-corrected chi connectivity index (χ2v) is 17.4. The van der Waals surface area contributed by atoms with Gasteiger partial charge < -0.3 is 39.0 Å². The number of carboxylic acids is 2. The van der Waals surface area contributed by atoms with Gasteiger partial charge in [0.1, 0.15) is 31.0 Å². The molecule has 2 aromatic heterocycles. The maximum Gasteiger partial charge on any atom is 0.346 e. The average Bonchev–Trinajstić information content (AvgIpc) is 3.82. The lowest BCUT2D eigenvalue weighted by Gasteiger charge is -2.14. The number of hydrogen-bond donors (Lipinski definition) is 2. The summed E-state index contributed by atoms with van der Waals surface area (Å²) in [6.45, 7) is 0.164. The summed E-state index contributed by atoms with van der Waals surface area (Å²) in [5.74, 6) is -6.46. The standard InChI is InChI=1S/C28H18Cl6N2O6S.C12H6O8S/c1-35(2)25(37)23-19-13(27(39)41-21-15(31)7-11(29)8-16(21)32)5-6-14(20(19)24(43-23)26(38)36(3)4)28(40)42-22-17(33)9-12(30)10-18(22)34;13-3-19-5-1-2-6(20-4-14)8-7(5)9(11(15)16)21-10(8)12(17)18/h5-10H,1-4H3;1-4H,(H,15,16)(H,17,18). The molecule has 0 atom stereocenters. The first-order valence-electron chi connectivity index (χ1n) is 17.2. The lowest BCUT2D eigenvalue weighted by atomic mass is 9.99. The Hall–Kier alpha value is -5.70. The van der Waals surface area contributed by atoms with E-state index in [0.717, 1.165) is 11.3 Å². The van der Waals surface area contributed by atoms with Crippen LogP contribution in [0.5, 0.6) is 23.0 Å². The molecule has 2 N–H and O–H groups in total. The molecule has 4 aromatic carbocycles. The van der Waals surface area contributed by atoms with Crippen LogP contribution in [0.3, 0.4) is 0 Å². The molecule has 2 heterocycles. The first kappa shape index (κ1) is 49.3. The number of thiophene rings is 2. The Morgan fingerprint density at radius 3 is 1.11 bits per heavy atom. The summed E-state index contributed by atoms with van der Waals surface area (Å²) < 4.78 is 20.4. The summed E-state index contributed by atoms with van der Waals surface area (Å²) in [5, 5.41) is 18.3. The van der Waals surface area contributed by atoms with Gasteiger partial charge in [0.15, 0.2) is 11.5 Å². The molecule has 24 heteroatoms. The molecule has 0 aliphatic rings. The Kier molecular flexibility index (Phi) is 15.7. The monoisotopic (exact) mass is 1030 g/mol. The summed E-state index contributed by atoms with van der Waals surface area (Å²) in [5.41, 5.74) is -0.314. The number of carboxylic acid groups (broad SMARTS) is 2. The van der Waals surface area contributed by atoms with Crippen LogP contribution in [0, 0.1) is 0 Å². The van der Waals surface area contributed by atoms with Gasteiger partial charge in [0.25, 0.3) is 24.8 Å². The van der Waals surface area contributed by atoms with E-state index >= 15 is 0 Å². The number of fused-ring (bicyclic) bond motifs is 2. The fourth-order valence-corrected chi connectivity index (χ4v) is 9.84. The van der Waals surface area contributed by atoms with Crippen LogP contribution in [0.2, 0.25) is 30.1 Å². The molecule has 0 spiro atoms. The normalized spacial score (nSPS) is 10.7. The summed E-state index contributed by atoms with van der Waals surface area (Å²) in [6, 6.07) is 10.3. The number of carbonyl (C=O) groups excluding carboxylic acids is 6. The molecule has 2 amide bonds. The van der Waals surface area contributed by atoms with Gasteiger partial charge in [-0.3, -0.25) is 19.2 Å². The van der Waals surface area contributed by atoms with Crippen molar-refractivity contribution in [2.45, 2.75) is 0 Å². The van der Waals surface area contributed by atoms with Gasteiger partial charge >= 0.3 is 23.9 Å². The van der Waals surface area contributed by atoms with Crippen molar-refractivity contribution in [1.29, 1.82) is 0 Å². The van der Waals surface area contributed by atoms with Gasteiger partial charge in [0.2, 0.25) is 0 Å². The number of ether oxygens (including phenoxy) is 4. The predicted octanol–water partition coefficient (Wildman–Crippen LogP) is 10.0. The van der Waals surface area contributed by atoms with E-state index in [1.54, 1.807) is 0 Å². The minimum absolute atomic E-state index is 0.0114. The molecule has 64 heavy (non-hydrogen) atoms. The summed E-state index contributed by atoms with van der Waals surface area (Å²) in [4.78, 5) is 99.2. The summed E-state index contributed by atoms with van der Waals surface area (Å²) >= 11 is 38.1. The van der Waals surface area contributed by atoms with Crippen LogP contribution in [0.1, 0.15) is 59.4 Å². The lowest BCUT2D eigenvalue weighted by molar-refractivity contribution is -0.121. The van der Waals surface area contributed by atoms with Crippen molar-refractivity contribution in [3.63, 3.8) is 0 Å². The number of nitrogens with zero attached hydrogens (tertiary/aromatic N) is 2. The molecule has 0 aliphatic heterocycles. The minimum Gasteiger partial charge on any atom is -0.477 e. The second-order valence-electron chi connectivity index (χ2n) is 12.9. The van der Waals surface area contributed by atoms with Gasteiger partial charge in [-0.1, -0.05) is 69.6 Å². The van der Waals surface area contributed by atoms with Crippen LogP contribution < -0.4 is 18.9 Å². The van der Waals surface area contributed by atoms with E-state index in [0.29, 0.717) is 11.3 Å². The highest BCUT2D eigenvalue weighted by Gasteiger charge is 2.33. The van der Waals surface area contributed by atoms with Crippen LogP contribution in [0.25, 0.3) is 21.5 Å². The highest BCUT2D eigenvalue weighted by atomic mass is 35.5. The largest absolute Gasteiger partial charge is 0.477 e. The average molecular weight is 1030 g/mol. The fraction of sp³-hybridized carbons (Fsp3) is 0.100. The number of benzene rings is 4. The van der Waals surface area contributed by atoms with Gasteiger partial charge in [0, 0.05) is 49.0 Å². The highest BCUT2D eigenvalue weighted by Crippen LogP contribution is 2.44. The zero-order valence-corrected chi connectivity index (χ0v) is 38.7. The Labute approximate surface area is 397 Å². The predicted molar refractivity (Wildman–Crippen MR) is 240 cm³/mol. The molecule has 16 nitrogen and oxygen atoms in total. The third kappa shape index (κ3) is 10.1. The number of esters is 2.